The summed E-state index contributed by atoms with van der Waals surface area (Å²) in [5.74, 6) is -1.88. The summed E-state index contributed by atoms with van der Waals surface area (Å²) in [6.45, 7) is 20.4. The Kier molecular flexibility index (Phi) is 16.4. The van der Waals surface area contributed by atoms with Gasteiger partial charge >= 0.3 is 22.7 Å². The summed E-state index contributed by atoms with van der Waals surface area (Å²) in [4.78, 5) is 43.1. The second-order valence-corrected chi connectivity index (χ2v) is 10.2. The van der Waals surface area contributed by atoms with Crippen LogP contribution in [-0.4, -0.2) is 37.1 Å². The largest absolute Gasteiger partial charge is 2.00 e. The average molecular weight is 632 g/mol. The molecule has 231 valence electrons. The second kappa shape index (κ2) is 18.0. The predicted molar refractivity (Wildman–Crippen MR) is 162 cm³/mol. The molecule has 0 aromatic heterocycles. The minimum absolute atomic E-state index is 0. The molecular weight excluding hydrogens is 591 g/mol. The van der Waals surface area contributed by atoms with Crippen LogP contribution >= 0.6 is 0 Å². The summed E-state index contributed by atoms with van der Waals surface area (Å²) >= 11 is 0. The topological polar surface area (TPSA) is 131 Å². The quantitative estimate of drug-likeness (QED) is 0.175. The summed E-state index contributed by atoms with van der Waals surface area (Å²) in [6.07, 6.45) is 3.14. The van der Waals surface area contributed by atoms with Gasteiger partial charge in [-0.3, -0.25) is 24.4 Å². The van der Waals surface area contributed by atoms with Crippen molar-refractivity contribution in [3.63, 3.8) is 0 Å². The molecule has 0 spiro atoms. The van der Waals surface area contributed by atoms with Crippen LogP contribution in [0.1, 0.15) is 77.4 Å². The molecule has 0 bridgehead atoms. The minimum Gasteiger partial charge on any atom is -0.877 e. The molecule has 0 saturated heterocycles. The maximum Gasteiger partial charge on any atom is 2.00 e. The zero-order valence-corrected chi connectivity index (χ0v) is 27.5. The van der Waals surface area contributed by atoms with Gasteiger partial charge in [0.25, 0.3) is 0 Å². The number of hydrogen-bond donors (Lipinski definition) is 0. The molecule has 3 radical (unpaired) electrons. The Morgan fingerprint density at radius 2 is 1.12 bits per heavy atom. The molecule has 2 aromatic carbocycles. The maximum absolute atomic E-state index is 12.2. The van der Waals surface area contributed by atoms with Crippen molar-refractivity contribution in [2.75, 3.05) is 7.11 Å². The molecule has 2 atom stereocenters. The van der Waals surface area contributed by atoms with Crippen molar-refractivity contribution in [2.24, 2.45) is 9.98 Å². The van der Waals surface area contributed by atoms with Crippen molar-refractivity contribution in [1.82, 2.24) is 0 Å². The number of allylic oxidation sites excluding steroid dienone is 3. The molecule has 2 rings (SSSR count). The molecule has 0 amide bonds. The molecule has 0 heterocycles. The van der Waals surface area contributed by atoms with E-state index in [4.69, 9.17) is 9.98 Å². The summed E-state index contributed by atoms with van der Waals surface area (Å²) in [5, 5.41) is 23.7. The van der Waals surface area contributed by atoms with Crippen LogP contribution in [0.25, 0.3) is 0 Å². The van der Waals surface area contributed by atoms with Crippen LogP contribution in [0, 0.1) is 48.5 Å². The fourth-order valence-corrected chi connectivity index (χ4v) is 4.89. The Labute approximate surface area is 265 Å². The van der Waals surface area contributed by atoms with E-state index in [0.717, 1.165) is 44.5 Å². The Balaban J connectivity index is 0.00000270. The van der Waals surface area contributed by atoms with Crippen molar-refractivity contribution in [3.8, 4) is 0 Å². The molecule has 43 heavy (non-hydrogen) atoms. The molecule has 0 fully saturated rings. The van der Waals surface area contributed by atoms with E-state index < -0.39 is 18.1 Å². The molecule has 0 aliphatic carbocycles. The monoisotopic (exact) mass is 631 g/mol. The summed E-state index contributed by atoms with van der Waals surface area (Å²) in [7, 11) is 1.22. The first-order valence-corrected chi connectivity index (χ1v) is 13.3. The van der Waals surface area contributed by atoms with Gasteiger partial charge in [-0.1, -0.05) is 42.3 Å². The van der Waals surface area contributed by atoms with Crippen LogP contribution in [0.4, 0.5) is 0 Å². The SMILES string of the molecule is CC(=O)/C(C=N[C@H](c1c(C)cc(C)cc1C)[C@H](N=C/C(C(C)=O)=C(/C)[O-])c1c(C)cc(C)cc1C)=C/[O-].[CH]C(=O)OC.[Co+2]. The summed E-state index contributed by atoms with van der Waals surface area (Å²) in [5.41, 5.74) is 7.90. The molecular formula is C34H40CoN2O6. The van der Waals surface area contributed by atoms with Crippen molar-refractivity contribution >= 4 is 30.0 Å². The Bertz CT molecular complexity index is 1400. The third kappa shape index (κ3) is 11.4. The fraction of sp³-hybridized carbons (Fsp3) is 0.353. The van der Waals surface area contributed by atoms with Gasteiger partial charge in [0.15, 0.2) is 11.6 Å². The Morgan fingerprint density at radius 1 is 0.767 bits per heavy atom. The third-order valence-electron chi connectivity index (χ3n) is 6.60. The number of methoxy groups -OCH3 is 1. The van der Waals surface area contributed by atoms with E-state index in [1.54, 1.807) is 0 Å². The maximum atomic E-state index is 12.2. The summed E-state index contributed by atoms with van der Waals surface area (Å²) in [6, 6.07) is 6.95. The number of carbonyl (C=O) groups is 3. The third-order valence-corrected chi connectivity index (χ3v) is 6.60. The molecule has 0 saturated carbocycles. The first-order valence-electron chi connectivity index (χ1n) is 13.3. The van der Waals surface area contributed by atoms with Gasteiger partial charge in [0.2, 0.25) is 0 Å². The van der Waals surface area contributed by atoms with Gasteiger partial charge < -0.3 is 14.9 Å². The van der Waals surface area contributed by atoms with Crippen molar-refractivity contribution in [2.45, 2.75) is 74.4 Å². The number of Topliss-reactive ketones (excluding diaryl/α,β-unsaturated/α-hetero) is 2. The molecule has 0 aliphatic heterocycles. The number of ketones is 2. The van der Waals surface area contributed by atoms with E-state index in [1.165, 1.54) is 40.3 Å². The van der Waals surface area contributed by atoms with Gasteiger partial charge in [-0.2, -0.15) is 0 Å². The van der Waals surface area contributed by atoms with Crippen molar-refractivity contribution in [1.29, 1.82) is 0 Å². The van der Waals surface area contributed by atoms with E-state index in [0.29, 0.717) is 6.26 Å². The van der Waals surface area contributed by atoms with Crippen LogP contribution in [0.5, 0.6) is 0 Å². The van der Waals surface area contributed by atoms with Crippen LogP contribution in [0.2, 0.25) is 0 Å². The Morgan fingerprint density at radius 3 is 1.37 bits per heavy atom. The van der Waals surface area contributed by atoms with E-state index in [9.17, 15) is 24.6 Å². The van der Waals surface area contributed by atoms with Gasteiger partial charge in [0, 0.05) is 23.6 Å². The zero-order valence-electron chi connectivity index (χ0n) is 26.5. The average Bonchev–Trinajstić information content (AvgIpc) is 2.85. The normalized spacial score (nSPS) is 13.4. The number of aryl methyl sites for hydroxylation is 6. The van der Waals surface area contributed by atoms with Crippen LogP contribution in [0.3, 0.4) is 0 Å². The summed E-state index contributed by atoms with van der Waals surface area (Å²) < 4.78 is 3.89. The molecule has 0 aliphatic rings. The number of rotatable bonds is 9. The molecule has 2 aromatic rings. The van der Waals surface area contributed by atoms with E-state index in [-0.39, 0.29) is 45.3 Å². The number of carbonyl (C=O) groups excluding carboxylic acids is 3. The molecule has 9 heteroatoms. The van der Waals surface area contributed by atoms with Crippen molar-refractivity contribution < 1.29 is 46.1 Å². The van der Waals surface area contributed by atoms with Gasteiger partial charge in [0.05, 0.1) is 14.0 Å². The zero-order chi connectivity index (χ0) is 32.3. The van der Waals surface area contributed by atoms with Gasteiger partial charge in [-0.25, -0.2) is 0 Å². The van der Waals surface area contributed by atoms with Crippen LogP contribution in [0.15, 0.2) is 57.4 Å². The van der Waals surface area contributed by atoms with E-state index in [2.05, 4.69) is 35.9 Å². The number of esters is 1. The Hall–Kier alpha value is -3.82. The van der Waals surface area contributed by atoms with Crippen LogP contribution in [-0.2, 0) is 35.9 Å². The second-order valence-electron chi connectivity index (χ2n) is 10.2. The van der Waals surface area contributed by atoms with Gasteiger partial charge in [0.1, 0.15) is 12.1 Å². The molecule has 0 N–H and O–H groups in total. The number of nitrogens with zero attached hydrogens (tertiary/aromatic N) is 2. The van der Waals surface area contributed by atoms with Gasteiger partial charge in [-0.05, 0) is 88.8 Å². The number of ether oxygens (including phenoxy) is 1. The number of aliphatic imine (C=N–C) groups is 2. The number of hydrogen-bond acceptors (Lipinski definition) is 8. The van der Waals surface area contributed by atoms with Crippen molar-refractivity contribution in [3.05, 3.63) is 98.9 Å². The van der Waals surface area contributed by atoms with Gasteiger partial charge in [-0.15, -0.1) is 12.0 Å². The van der Waals surface area contributed by atoms with E-state index in [1.807, 2.05) is 41.5 Å². The fourth-order valence-electron chi connectivity index (χ4n) is 4.89. The molecule has 8 nitrogen and oxygen atoms in total. The number of benzene rings is 2. The molecule has 0 unspecified atom stereocenters. The first-order chi connectivity index (χ1) is 19.5. The van der Waals surface area contributed by atoms with E-state index >= 15 is 0 Å². The smallest absolute Gasteiger partial charge is 0.877 e. The minimum atomic E-state index is -0.745. The van der Waals surface area contributed by atoms with Crippen LogP contribution < -0.4 is 10.2 Å². The standard InChI is InChI=1S/C31H38N2O4.C3H4O2.Co/c1-17-10-19(3)28(20(4)11-17)30(32-14-26(16-34)23(7)35)31(33-15-27(24(8)36)25(9)37)29-21(5)12-18(2)13-22(29)6;1-3(4)5-2;/h10-16,30-31,34,36H,1-9H3;1H,2H3;/q;;+2/p-2/b26-16+,27-24+,32-14?,33-15?;;/t30-,31-;;/m1../s1. The predicted octanol–water partition coefficient (Wildman–Crippen LogP) is 4.39. The first kappa shape index (κ1) is 39.2.